The lowest BCUT2D eigenvalue weighted by atomic mass is 9.90. The van der Waals surface area contributed by atoms with Crippen LogP contribution in [0.25, 0.3) is 22.3 Å². The first kappa shape index (κ1) is 28.6. The summed E-state index contributed by atoms with van der Waals surface area (Å²) in [6.07, 6.45) is 6.00. The molecule has 0 radical (unpaired) electrons. The molecular formula is C34H33F2N3O4. The zero-order valence-corrected chi connectivity index (χ0v) is 24.0. The molecule has 0 amide bonds. The monoisotopic (exact) mass is 585 g/mol. The predicted molar refractivity (Wildman–Crippen MR) is 159 cm³/mol. The van der Waals surface area contributed by atoms with Gasteiger partial charge in [-0.1, -0.05) is 31.2 Å². The van der Waals surface area contributed by atoms with E-state index < -0.39 is 23.2 Å². The molecule has 0 saturated carbocycles. The summed E-state index contributed by atoms with van der Waals surface area (Å²) < 4.78 is 43.4. The predicted octanol–water partition coefficient (Wildman–Crippen LogP) is 7.90. The van der Waals surface area contributed by atoms with Gasteiger partial charge in [0.05, 0.1) is 24.1 Å². The number of aliphatic carboxylic acids is 1. The molecule has 2 unspecified atom stereocenters. The fraction of sp³-hybridized carbons (Fsp3) is 0.294. The number of hydrogen-bond acceptors (Lipinski definition) is 4. The highest BCUT2D eigenvalue weighted by Crippen LogP contribution is 2.39. The first-order valence-electron chi connectivity index (χ1n) is 14.5. The van der Waals surface area contributed by atoms with Crippen molar-refractivity contribution in [3.63, 3.8) is 0 Å². The Morgan fingerprint density at radius 2 is 2.00 bits per heavy atom. The van der Waals surface area contributed by atoms with Crippen molar-refractivity contribution in [2.45, 2.75) is 51.6 Å². The van der Waals surface area contributed by atoms with E-state index in [-0.39, 0.29) is 35.2 Å². The van der Waals surface area contributed by atoms with Gasteiger partial charge in [-0.2, -0.15) is 0 Å². The van der Waals surface area contributed by atoms with Crippen LogP contribution in [0.5, 0.6) is 11.5 Å². The molecule has 1 aliphatic heterocycles. The van der Waals surface area contributed by atoms with Crippen molar-refractivity contribution >= 4 is 16.9 Å². The van der Waals surface area contributed by atoms with Crippen molar-refractivity contribution in [3.8, 4) is 22.9 Å². The van der Waals surface area contributed by atoms with Gasteiger partial charge in [-0.05, 0) is 73.9 Å². The molecule has 2 aromatic heterocycles. The lowest BCUT2D eigenvalue weighted by Crippen LogP contribution is -2.30. The Hall–Kier alpha value is -4.50. The normalized spacial score (nSPS) is 19.1. The fourth-order valence-electron chi connectivity index (χ4n) is 5.76. The maximum absolute atomic E-state index is 15.4. The average molecular weight is 586 g/mol. The van der Waals surface area contributed by atoms with Crippen LogP contribution in [0, 0.1) is 17.6 Å². The summed E-state index contributed by atoms with van der Waals surface area (Å²) in [5.74, 6) is -1.00. The quantitative estimate of drug-likeness (QED) is 0.199. The zero-order chi connectivity index (χ0) is 30.1. The van der Waals surface area contributed by atoms with Gasteiger partial charge in [0.1, 0.15) is 23.0 Å². The van der Waals surface area contributed by atoms with Crippen molar-refractivity contribution in [2.24, 2.45) is 5.92 Å². The Kier molecular flexibility index (Phi) is 7.75. The van der Waals surface area contributed by atoms with Crippen LogP contribution in [0.1, 0.15) is 55.5 Å². The van der Waals surface area contributed by atoms with Crippen LogP contribution >= 0.6 is 0 Å². The SMILES string of the molecule is CC1CCCc2c(c(F)cc3[nH]ccc23)Oc2ccc(F)c(c2)-c2ncc([nH]2)C(C)(c2cccc(CCC(=O)O)c2)OC1. The second-order valence-corrected chi connectivity index (χ2v) is 11.4. The molecule has 1 aliphatic rings. The van der Waals surface area contributed by atoms with Crippen LogP contribution in [0.15, 0.2) is 67.0 Å². The van der Waals surface area contributed by atoms with Crippen molar-refractivity contribution in [3.05, 3.63) is 101 Å². The Morgan fingerprint density at radius 1 is 1.14 bits per heavy atom. The molecule has 3 N–H and O–H groups in total. The number of carbonyl (C=O) groups is 1. The van der Waals surface area contributed by atoms with Crippen LogP contribution in [-0.2, 0) is 28.0 Å². The van der Waals surface area contributed by atoms with Gasteiger partial charge in [0.15, 0.2) is 11.6 Å². The van der Waals surface area contributed by atoms with Crippen molar-refractivity contribution in [2.75, 3.05) is 6.61 Å². The number of carboxylic acid groups (broad SMARTS) is 1. The minimum Gasteiger partial charge on any atom is -0.481 e. The standard InChI is InChI=1S/C34H33F2N3O4/c1-20-5-3-8-25-24-13-14-37-29(24)17-28(36)32(25)43-23-10-11-27(35)26(16-23)33-38-18-30(39-33)34(2,42-19-20)22-7-4-6-21(15-22)9-12-31(40)41/h4,6-7,10-11,13-18,20,37H,3,5,8-9,12,19H2,1-2H3,(H,38,39)(H,40,41). The minimum atomic E-state index is -0.979. The summed E-state index contributed by atoms with van der Waals surface area (Å²) in [6.45, 7) is 4.47. The van der Waals surface area contributed by atoms with Gasteiger partial charge in [-0.25, -0.2) is 13.8 Å². The van der Waals surface area contributed by atoms with Gasteiger partial charge in [-0.15, -0.1) is 0 Å². The summed E-state index contributed by atoms with van der Waals surface area (Å²) >= 11 is 0. The lowest BCUT2D eigenvalue weighted by Gasteiger charge is -2.31. The lowest BCUT2D eigenvalue weighted by molar-refractivity contribution is -0.136. The number of benzene rings is 3. The summed E-state index contributed by atoms with van der Waals surface area (Å²) in [6, 6.07) is 15.3. The van der Waals surface area contributed by atoms with Crippen LogP contribution in [-0.4, -0.2) is 32.6 Å². The number of H-pyrrole nitrogens is 2. The number of aromatic amines is 2. The Labute approximate surface area is 247 Å². The second-order valence-electron chi connectivity index (χ2n) is 11.4. The van der Waals surface area contributed by atoms with E-state index >= 15 is 8.78 Å². The molecule has 6 rings (SSSR count). The Morgan fingerprint density at radius 3 is 2.84 bits per heavy atom. The van der Waals surface area contributed by atoms with E-state index in [1.54, 1.807) is 12.4 Å². The average Bonchev–Trinajstić information content (AvgIpc) is 3.67. The summed E-state index contributed by atoms with van der Waals surface area (Å²) in [5.41, 5.74) is 2.97. The molecule has 43 heavy (non-hydrogen) atoms. The topological polar surface area (TPSA) is 100 Å². The van der Waals surface area contributed by atoms with Gasteiger partial charge < -0.3 is 24.5 Å². The van der Waals surface area contributed by atoms with Crippen LogP contribution in [0.4, 0.5) is 8.78 Å². The minimum absolute atomic E-state index is 0.0199. The molecule has 2 atom stereocenters. The molecular weight excluding hydrogens is 552 g/mol. The third kappa shape index (κ3) is 5.77. The number of carboxylic acids is 1. The van der Waals surface area contributed by atoms with Crippen LogP contribution in [0.2, 0.25) is 0 Å². The Bertz CT molecular complexity index is 1800. The number of rotatable bonds is 4. The number of fused-ring (bicyclic) bond motifs is 8. The second kappa shape index (κ2) is 11.6. The van der Waals surface area contributed by atoms with E-state index in [9.17, 15) is 9.90 Å². The number of hydrogen-bond donors (Lipinski definition) is 3. The van der Waals surface area contributed by atoms with E-state index in [0.29, 0.717) is 30.7 Å². The number of nitrogens with zero attached hydrogens (tertiary/aromatic N) is 1. The molecule has 0 fully saturated rings. The first-order chi connectivity index (χ1) is 20.7. The smallest absolute Gasteiger partial charge is 0.303 e. The van der Waals surface area contributed by atoms with Crippen LogP contribution in [0.3, 0.4) is 0 Å². The van der Waals surface area contributed by atoms with Crippen molar-refractivity contribution in [1.29, 1.82) is 0 Å². The highest BCUT2D eigenvalue weighted by molar-refractivity contribution is 5.85. The van der Waals surface area contributed by atoms with E-state index in [1.165, 1.54) is 24.3 Å². The fourth-order valence-corrected chi connectivity index (χ4v) is 5.76. The molecule has 0 aliphatic carbocycles. The molecule has 5 aromatic rings. The maximum atomic E-state index is 15.4. The zero-order valence-electron chi connectivity index (χ0n) is 24.0. The van der Waals surface area contributed by atoms with E-state index in [4.69, 9.17) is 9.47 Å². The third-order valence-corrected chi connectivity index (χ3v) is 8.25. The van der Waals surface area contributed by atoms with Gasteiger partial charge in [-0.3, -0.25) is 4.79 Å². The largest absolute Gasteiger partial charge is 0.481 e. The molecule has 3 heterocycles. The number of aryl methyl sites for hydroxylation is 2. The molecule has 0 spiro atoms. The van der Waals surface area contributed by atoms with E-state index in [1.807, 2.05) is 37.3 Å². The summed E-state index contributed by atoms with van der Waals surface area (Å²) in [4.78, 5) is 22.1. The third-order valence-electron chi connectivity index (χ3n) is 8.25. The molecule has 222 valence electrons. The first-order valence-corrected chi connectivity index (χ1v) is 14.5. The summed E-state index contributed by atoms with van der Waals surface area (Å²) in [5, 5.41) is 10.1. The number of nitrogens with one attached hydrogen (secondary N) is 2. The number of aromatic nitrogens is 3. The van der Waals surface area contributed by atoms with Crippen molar-refractivity contribution < 1.29 is 28.2 Å². The van der Waals surface area contributed by atoms with Gasteiger partial charge in [0.25, 0.3) is 0 Å². The maximum Gasteiger partial charge on any atom is 0.303 e. The van der Waals surface area contributed by atoms with Gasteiger partial charge in [0.2, 0.25) is 0 Å². The molecule has 3 aromatic carbocycles. The molecule has 9 heteroatoms. The molecule has 0 saturated heterocycles. The number of imidazole rings is 1. The number of halogens is 2. The number of ether oxygens (including phenoxy) is 2. The highest BCUT2D eigenvalue weighted by atomic mass is 19.1. The Balaban J connectivity index is 1.43. The van der Waals surface area contributed by atoms with Gasteiger partial charge in [0, 0.05) is 35.2 Å². The van der Waals surface area contributed by atoms with E-state index in [2.05, 4.69) is 21.9 Å². The van der Waals surface area contributed by atoms with Gasteiger partial charge >= 0.3 is 5.97 Å². The summed E-state index contributed by atoms with van der Waals surface area (Å²) in [7, 11) is 0. The molecule has 4 bridgehead atoms. The highest BCUT2D eigenvalue weighted by Gasteiger charge is 2.33. The van der Waals surface area contributed by atoms with Crippen molar-refractivity contribution in [1.82, 2.24) is 15.0 Å². The van der Waals surface area contributed by atoms with Crippen LogP contribution < -0.4 is 4.74 Å². The van der Waals surface area contributed by atoms with E-state index in [0.717, 1.165) is 34.9 Å². The molecule has 7 nitrogen and oxygen atoms in total.